The van der Waals surface area contributed by atoms with E-state index in [1.54, 1.807) is 4.90 Å². The zero-order chi connectivity index (χ0) is 20.2. The molecule has 1 aliphatic carbocycles. The van der Waals surface area contributed by atoms with Crippen molar-refractivity contribution in [2.24, 2.45) is 15.4 Å². The Balaban J connectivity index is 1.29. The van der Waals surface area contributed by atoms with Crippen molar-refractivity contribution in [3.05, 3.63) is 33.8 Å². The number of ether oxygens (including phenoxy) is 1. The van der Waals surface area contributed by atoms with Gasteiger partial charge in [-0.15, -0.1) is 0 Å². The first kappa shape index (κ1) is 18.9. The molecule has 3 aliphatic heterocycles. The third kappa shape index (κ3) is 3.32. The number of guanidine groups is 1. The van der Waals surface area contributed by atoms with Gasteiger partial charge in [-0.1, -0.05) is 22.9 Å². The molecule has 1 aromatic carbocycles. The van der Waals surface area contributed by atoms with Gasteiger partial charge < -0.3 is 9.64 Å². The van der Waals surface area contributed by atoms with Crippen LogP contribution in [0.15, 0.2) is 32.7 Å². The number of halogens is 1. The minimum Gasteiger partial charge on any atom is -0.380 e. The number of nitrogens with one attached hydrogen (secondary N) is 1. The lowest BCUT2D eigenvalue weighted by Crippen LogP contribution is -2.50. The second kappa shape index (κ2) is 6.74. The van der Waals surface area contributed by atoms with E-state index >= 15 is 0 Å². The standard InChI is InChI=1S/C21H23BrN4O3/c1-20-10-23-19(24-16(20)4-7-29-12-20)25-17(27)9-26-11-21(5-6-21)15-8-13(22)2-3-14(15)18(26)28/h2-3,8H,4-7,9-12H2,1H3,(H,23,25,27). The summed E-state index contributed by atoms with van der Waals surface area (Å²) in [5.41, 5.74) is 2.67. The van der Waals surface area contributed by atoms with Crippen molar-refractivity contribution in [2.75, 3.05) is 32.8 Å². The van der Waals surface area contributed by atoms with E-state index in [4.69, 9.17) is 4.74 Å². The van der Waals surface area contributed by atoms with Crippen LogP contribution in [0.3, 0.4) is 0 Å². The van der Waals surface area contributed by atoms with Crippen LogP contribution >= 0.6 is 15.9 Å². The SMILES string of the molecule is CC12CN=C(NC(=O)CN3CC4(CC4)c4cc(Br)ccc4C3=O)N=C1CCOC2. The fraction of sp³-hybridized carbons (Fsp3) is 0.524. The molecule has 1 atom stereocenters. The molecule has 5 rings (SSSR count). The summed E-state index contributed by atoms with van der Waals surface area (Å²) in [5, 5.41) is 2.80. The van der Waals surface area contributed by atoms with Gasteiger partial charge in [0.2, 0.25) is 11.9 Å². The van der Waals surface area contributed by atoms with Crippen molar-refractivity contribution in [3.8, 4) is 0 Å². The van der Waals surface area contributed by atoms with E-state index < -0.39 is 0 Å². The summed E-state index contributed by atoms with van der Waals surface area (Å²) in [4.78, 5) is 36.3. The number of nitrogens with zero attached hydrogens (tertiary/aromatic N) is 3. The number of rotatable bonds is 2. The molecule has 0 aromatic heterocycles. The molecule has 0 bridgehead atoms. The van der Waals surface area contributed by atoms with Crippen molar-refractivity contribution in [1.82, 2.24) is 10.2 Å². The first-order valence-electron chi connectivity index (χ1n) is 9.98. The largest absolute Gasteiger partial charge is 0.380 e. The normalized spacial score (nSPS) is 27.0. The third-order valence-electron chi connectivity index (χ3n) is 6.42. The molecule has 1 saturated heterocycles. The van der Waals surface area contributed by atoms with Gasteiger partial charge in [-0.05, 0) is 36.6 Å². The van der Waals surface area contributed by atoms with Gasteiger partial charge in [-0.2, -0.15) is 0 Å². The number of hydrogen-bond donors (Lipinski definition) is 1. The van der Waals surface area contributed by atoms with Crippen LogP contribution in [-0.4, -0.2) is 61.2 Å². The zero-order valence-corrected chi connectivity index (χ0v) is 17.9. The highest BCUT2D eigenvalue weighted by Crippen LogP contribution is 2.52. The van der Waals surface area contributed by atoms with E-state index in [-0.39, 0.29) is 29.2 Å². The molecular weight excluding hydrogens is 436 g/mol. The molecule has 1 unspecified atom stereocenters. The van der Waals surface area contributed by atoms with E-state index in [0.717, 1.165) is 35.0 Å². The van der Waals surface area contributed by atoms with Crippen LogP contribution in [0.5, 0.6) is 0 Å². The molecule has 29 heavy (non-hydrogen) atoms. The van der Waals surface area contributed by atoms with Gasteiger partial charge in [0.05, 0.1) is 19.8 Å². The zero-order valence-electron chi connectivity index (χ0n) is 16.3. The average Bonchev–Trinajstić information content (AvgIpc) is 3.46. The molecular formula is C21H23BrN4O3. The van der Waals surface area contributed by atoms with Crippen LogP contribution < -0.4 is 5.32 Å². The molecule has 7 nitrogen and oxygen atoms in total. The fourth-order valence-electron chi connectivity index (χ4n) is 4.54. The first-order valence-corrected chi connectivity index (χ1v) is 10.8. The van der Waals surface area contributed by atoms with E-state index in [2.05, 4.69) is 44.2 Å². The predicted octanol–water partition coefficient (Wildman–Crippen LogP) is 2.29. The lowest BCUT2D eigenvalue weighted by molar-refractivity contribution is -0.120. The molecule has 0 radical (unpaired) electrons. The van der Waals surface area contributed by atoms with Gasteiger partial charge in [0, 0.05) is 39.5 Å². The maximum atomic E-state index is 13.0. The molecule has 8 heteroatoms. The number of carbonyl (C=O) groups excluding carboxylic acids is 2. The van der Waals surface area contributed by atoms with Crippen LogP contribution in [-0.2, 0) is 14.9 Å². The Bertz CT molecular complexity index is 969. The quantitative estimate of drug-likeness (QED) is 0.737. The Kier molecular flexibility index (Phi) is 4.40. The number of amides is 2. The van der Waals surface area contributed by atoms with Gasteiger partial charge >= 0.3 is 0 Å². The second-order valence-electron chi connectivity index (χ2n) is 8.74. The highest BCUT2D eigenvalue weighted by molar-refractivity contribution is 9.10. The second-order valence-corrected chi connectivity index (χ2v) is 9.66. The van der Waals surface area contributed by atoms with Crippen LogP contribution in [0.25, 0.3) is 0 Å². The minimum absolute atomic E-state index is 0.000201. The molecule has 1 spiro atoms. The number of hydrogen-bond acceptors (Lipinski definition) is 5. The average molecular weight is 459 g/mol. The van der Waals surface area contributed by atoms with E-state index in [1.807, 2.05) is 12.1 Å². The summed E-state index contributed by atoms with van der Waals surface area (Å²) in [5.74, 6) is 0.00171. The summed E-state index contributed by atoms with van der Waals surface area (Å²) in [6, 6.07) is 5.79. The topological polar surface area (TPSA) is 83.4 Å². The lowest BCUT2D eigenvalue weighted by Gasteiger charge is -2.36. The summed E-state index contributed by atoms with van der Waals surface area (Å²) in [7, 11) is 0. The molecule has 3 heterocycles. The highest BCUT2D eigenvalue weighted by Gasteiger charge is 2.51. The Labute approximate surface area is 177 Å². The van der Waals surface area contributed by atoms with Crippen molar-refractivity contribution in [1.29, 1.82) is 0 Å². The molecule has 2 amide bonds. The van der Waals surface area contributed by atoms with Crippen LogP contribution in [0.4, 0.5) is 0 Å². The molecule has 152 valence electrons. The molecule has 1 saturated carbocycles. The van der Waals surface area contributed by atoms with E-state index in [1.165, 1.54) is 0 Å². The smallest absolute Gasteiger partial charge is 0.254 e. The molecule has 2 fully saturated rings. The minimum atomic E-state index is -0.256. The Morgan fingerprint density at radius 2 is 2.21 bits per heavy atom. The first-order chi connectivity index (χ1) is 13.9. The third-order valence-corrected chi connectivity index (χ3v) is 6.92. The fourth-order valence-corrected chi connectivity index (χ4v) is 4.90. The number of benzene rings is 1. The Morgan fingerprint density at radius 1 is 1.38 bits per heavy atom. The van der Waals surface area contributed by atoms with Crippen molar-refractivity contribution in [2.45, 2.75) is 31.6 Å². The van der Waals surface area contributed by atoms with Gasteiger partial charge in [0.15, 0.2) is 0 Å². The van der Waals surface area contributed by atoms with Crippen molar-refractivity contribution in [3.63, 3.8) is 0 Å². The van der Waals surface area contributed by atoms with Crippen LogP contribution in [0, 0.1) is 5.41 Å². The monoisotopic (exact) mass is 458 g/mol. The van der Waals surface area contributed by atoms with Gasteiger partial charge in [0.1, 0.15) is 6.54 Å². The van der Waals surface area contributed by atoms with Crippen molar-refractivity contribution < 1.29 is 14.3 Å². The van der Waals surface area contributed by atoms with Gasteiger partial charge in [-0.3, -0.25) is 14.9 Å². The molecule has 1 aromatic rings. The number of carbonyl (C=O) groups is 2. The van der Waals surface area contributed by atoms with E-state index in [9.17, 15) is 9.59 Å². The molecule has 1 N–H and O–H groups in total. The van der Waals surface area contributed by atoms with Gasteiger partial charge in [-0.25, -0.2) is 9.98 Å². The summed E-state index contributed by atoms with van der Waals surface area (Å²) in [6.45, 7) is 4.49. The predicted molar refractivity (Wildman–Crippen MR) is 112 cm³/mol. The lowest BCUT2D eigenvalue weighted by atomic mass is 9.82. The summed E-state index contributed by atoms with van der Waals surface area (Å²) in [6.07, 6.45) is 2.84. The maximum Gasteiger partial charge on any atom is 0.254 e. The van der Waals surface area contributed by atoms with E-state index in [0.29, 0.717) is 37.8 Å². The maximum absolute atomic E-state index is 13.0. The number of fused-ring (bicyclic) bond motifs is 3. The van der Waals surface area contributed by atoms with Crippen LogP contribution in [0.1, 0.15) is 42.1 Å². The summed E-state index contributed by atoms with van der Waals surface area (Å²) >= 11 is 3.51. The summed E-state index contributed by atoms with van der Waals surface area (Å²) < 4.78 is 6.53. The highest BCUT2D eigenvalue weighted by atomic mass is 79.9. The Hall–Kier alpha value is -2.06. The van der Waals surface area contributed by atoms with Crippen LogP contribution in [0.2, 0.25) is 0 Å². The van der Waals surface area contributed by atoms with Crippen molar-refractivity contribution >= 4 is 39.4 Å². The Morgan fingerprint density at radius 3 is 3.00 bits per heavy atom. The molecule has 4 aliphatic rings. The van der Waals surface area contributed by atoms with Gasteiger partial charge in [0.25, 0.3) is 5.91 Å². The number of aliphatic imine (C=N–C) groups is 2.